The summed E-state index contributed by atoms with van der Waals surface area (Å²) in [7, 11) is 0. The van der Waals surface area contributed by atoms with Gasteiger partial charge in [0.1, 0.15) is 0 Å². The van der Waals surface area contributed by atoms with Crippen LogP contribution in [-0.2, 0) is 0 Å². The summed E-state index contributed by atoms with van der Waals surface area (Å²) in [5.74, 6) is 1.41. The quantitative estimate of drug-likeness (QED) is 0.612. The number of hydrogen-bond acceptors (Lipinski definition) is 2. The number of nitrogens with zero attached hydrogens (tertiary/aromatic N) is 2. The molecular weight excluding hydrogens is 322 g/mol. The topological polar surface area (TPSA) is 39.7 Å². The number of rotatable bonds is 6. The van der Waals surface area contributed by atoms with Gasteiger partial charge in [-0.25, -0.2) is 8.78 Å². The Morgan fingerprint density at radius 2 is 1.92 bits per heavy atom. The van der Waals surface area contributed by atoms with Gasteiger partial charge in [0.15, 0.2) is 5.96 Å². The predicted molar refractivity (Wildman–Crippen MR) is 97.3 cm³/mol. The Kier molecular flexibility index (Phi) is 6.24. The van der Waals surface area contributed by atoms with Crippen LogP contribution in [0.15, 0.2) is 35.3 Å². The van der Waals surface area contributed by atoms with E-state index in [1.165, 1.54) is 5.56 Å². The standard InChI is InChI=1S/C19H28F2N4/c1-2-22-19(23-15-8-10-25(11-9-15)13-18(20)21)24-17-12-16(17)14-6-4-3-5-7-14/h3-7,15-18H,2,8-13H2,1H3,(H2,22,23,24). The van der Waals surface area contributed by atoms with E-state index in [-0.39, 0.29) is 6.54 Å². The molecule has 25 heavy (non-hydrogen) atoms. The van der Waals surface area contributed by atoms with Crippen molar-refractivity contribution in [3.63, 3.8) is 0 Å². The lowest BCUT2D eigenvalue weighted by Gasteiger charge is -2.32. The molecule has 3 rings (SSSR count). The number of benzene rings is 1. The van der Waals surface area contributed by atoms with E-state index in [1.54, 1.807) is 0 Å². The highest BCUT2D eigenvalue weighted by atomic mass is 19.3. The molecule has 1 saturated heterocycles. The molecule has 0 bridgehead atoms. The minimum absolute atomic E-state index is 0.109. The maximum atomic E-state index is 12.5. The molecule has 2 aliphatic rings. The Labute approximate surface area is 148 Å². The van der Waals surface area contributed by atoms with Gasteiger partial charge in [0, 0.05) is 37.6 Å². The fourth-order valence-corrected chi connectivity index (χ4v) is 3.54. The highest BCUT2D eigenvalue weighted by molar-refractivity contribution is 5.81. The first-order valence-corrected chi connectivity index (χ1v) is 9.28. The third-order valence-electron chi connectivity index (χ3n) is 4.98. The monoisotopic (exact) mass is 350 g/mol. The molecule has 1 saturated carbocycles. The summed E-state index contributed by atoms with van der Waals surface area (Å²) in [6.07, 6.45) is 0.642. The summed E-state index contributed by atoms with van der Waals surface area (Å²) in [6, 6.07) is 11.3. The van der Waals surface area contributed by atoms with Crippen LogP contribution in [0.3, 0.4) is 0 Å². The minimum atomic E-state index is -2.24. The number of aliphatic imine (C=N–C) groups is 1. The Morgan fingerprint density at radius 3 is 2.56 bits per heavy atom. The van der Waals surface area contributed by atoms with Crippen LogP contribution in [0.1, 0.15) is 37.7 Å². The number of halogens is 2. The predicted octanol–water partition coefficient (Wildman–Crippen LogP) is 2.83. The van der Waals surface area contributed by atoms with Crippen LogP contribution >= 0.6 is 0 Å². The summed E-state index contributed by atoms with van der Waals surface area (Å²) in [4.78, 5) is 6.40. The third-order valence-corrected chi connectivity index (χ3v) is 4.98. The Hall–Kier alpha value is -1.69. The first-order chi connectivity index (χ1) is 12.2. The molecule has 6 heteroatoms. The molecule has 2 fully saturated rings. The third kappa shape index (κ3) is 5.39. The van der Waals surface area contributed by atoms with Gasteiger partial charge in [0.05, 0.1) is 6.54 Å². The van der Waals surface area contributed by atoms with Crippen molar-refractivity contribution in [3.8, 4) is 0 Å². The van der Waals surface area contributed by atoms with E-state index in [1.807, 2.05) is 17.9 Å². The van der Waals surface area contributed by atoms with Crippen molar-refractivity contribution in [3.05, 3.63) is 35.9 Å². The minimum Gasteiger partial charge on any atom is -0.354 e. The van der Waals surface area contributed by atoms with Crippen molar-refractivity contribution in [2.45, 2.75) is 50.6 Å². The second-order valence-electron chi connectivity index (χ2n) is 6.94. The van der Waals surface area contributed by atoms with Gasteiger partial charge in [0.2, 0.25) is 0 Å². The molecule has 4 nitrogen and oxygen atoms in total. The molecule has 0 amide bonds. The summed E-state index contributed by atoms with van der Waals surface area (Å²) in [5, 5.41) is 7.04. The Bertz CT molecular complexity index is 556. The normalized spacial score (nSPS) is 25.2. The molecule has 1 aliphatic heterocycles. The van der Waals surface area contributed by atoms with Crippen LogP contribution < -0.4 is 10.6 Å². The van der Waals surface area contributed by atoms with Gasteiger partial charge in [-0.3, -0.25) is 9.89 Å². The molecule has 0 spiro atoms. The van der Waals surface area contributed by atoms with Crippen LogP contribution in [0.5, 0.6) is 0 Å². The number of hydrogen-bond donors (Lipinski definition) is 2. The van der Waals surface area contributed by atoms with Crippen LogP contribution in [-0.4, -0.2) is 55.5 Å². The van der Waals surface area contributed by atoms with Crippen molar-refractivity contribution in [2.24, 2.45) is 4.99 Å². The van der Waals surface area contributed by atoms with Gasteiger partial charge < -0.3 is 10.6 Å². The van der Waals surface area contributed by atoms with Crippen molar-refractivity contribution in [1.82, 2.24) is 15.5 Å². The summed E-state index contributed by atoms with van der Waals surface area (Å²) < 4.78 is 24.9. The van der Waals surface area contributed by atoms with E-state index in [4.69, 9.17) is 0 Å². The fourth-order valence-electron chi connectivity index (χ4n) is 3.54. The van der Waals surface area contributed by atoms with E-state index in [0.29, 0.717) is 18.0 Å². The molecule has 2 unspecified atom stereocenters. The number of guanidine groups is 1. The zero-order valence-electron chi connectivity index (χ0n) is 14.8. The Morgan fingerprint density at radius 1 is 1.20 bits per heavy atom. The molecule has 0 radical (unpaired) electrons. The Balaban J connectivity index is 1.46. The second kappa shape index (κ2) is 8.61. The van der Waals surface area contributed by atoms with E-state index in [2.05, 4.69) is 39.9 Å². The van der Waals surface area contributed by atoms with Gasteiger partial charge in [-0.05, 0) is 31.7 Å². The van der Waals surface area contributed by atoms with Gasteiger partial charge in [0.25, 0.3) is 6.43 Å². The SMILES string of the molecule is CCN=C(NC1CCN(CC(F)F)CC1)NC1CC1c1ccccc1. The van der Waals surface area contributed by atoms with Crippen molar-refractivity contribution in [1.29, 1.82) is 0 Å². The van der Waals surface area contributed by atoms with E-state index in [9.17, 15) is 8.78 Å². The summed E-state index contributed by atoms with van der Waals surface area (Å²) in [6.45, 7) is 4.08. The van der Waals surface area contributed by atoms with Crippen LogP contribution in [0.2, 0.25) is 0 Å². The molecule has 2 atom stereocenters. The van der Waals surface area contributed by atoms with Crippen molar-refractivity contribution >= 4 is 5.96 Å². The molecule has 1 aromatic carbocycles. The zero-order valence-corrected chi connectivity index (χ0v) is 14.8. The van der Waals surface area contributed by atoms with Gasteiger partial charge >= 0.3 is 0 Å². The van der Waals surface area contributed by atoms with Crippen LogP contribution in [0, 0.1) is 0 Å². The van der Waals surface area contributed by atoms with Gasteiger partial charge in [-0.15, -0.1) is 0 Å². The first-order valence-electron chi connectivity index (χ1n) is 9.28. The van der Waals surface area contributed by atoms with Crippen LogP contribution in [0.4, 0.5) is 8.78 Å². The zero-order chi connectivity index (χ0) is 17.6. The summed E-state index contributed by atoms with van der Waals surface area (Å²) in [5.41, 5.74) is 1.37. The number of nitrogens with one attached hydrogen (secondary N) is 2. The highest BCUT2D eigenvalue weighted by Gasteiger charge is 2.39. The smallest absolute Gasteiger partial charge is 0.251 e. The number of likely N-dealkylation sites (tertiary alicyclic amines) is 1. The molecule has 1 aromatic rings. The van der Waals surface area contributed by atoms with Gasteiger partial charge in [-0.2, -0.15) is 0 Å². The average molecular weight is 350 g/mol. The molecule has 2 N–H and O–H groups in total. The van der Waals surface area contributed by atoms with E-state index in [0.717, 1.165) is 44.9 Å². The van der Waals surface area contributed by atoms with E-state index < -0.39 is 6.43 Å². The van der Waals surface area contributed by atoms with Crippen molar-refractivity contribution in [2.75, 3.05) is 26.2 Å². The van der Waals surface area contributed by atoms with Crippen molar-refractivity contribution < 1.29 is 8.78 Å². The lowest BCUT2D eigenvalue weighted by atomic mass is 10.1. The summed E-state index contributed by atoms with van der Waals surface area (Å²) >= 11 is 0. The fraction of sp³-hybridized carbons (Fsp3) is 0.632. The second-order valence-corrected chi connectivity index (χ2v) is 6.94. The number of piperidine rings is 1. The molecule has 1 heterocycles. The van der Waals surface area contributed by atoms with Crippen LogP contribution in [0.25, 0.3) is 0 Å². The molecule has 138 valence electrons. The lowest BCUT2D eigenvalue weighted by molar-refractivity contribution is 0.0744. The first kappa shape index (κ1) is 18.1. The highest BCUT2D eigenvalue weighted by Crippen LogP contribution is 2.40. The van der Waals surface area contributed by atoms with E-state index >= 15 is 0 Å². The number of alkyl halides is 2. The molecule has 0 aromatic heterocycles. The molecular formula is C19H28F2N4. The molecule has 1 aliphatic carbocycles. The lowest BCUT2D eigenvalue weighted by Crippen LogP contribution is -2.50. The average Bonchev–Trinajstić information content (AvgIpc) is 3.36. The maximum absolute atomic E-state index is 12.5. The largest absolute Gasteiger partial charge is 0.354 e. The maximum Gasteiger partial charge on any atom is 0.251 e. The van der Waals surface area contributed by atoms with Gasteiger partial charge in [-0.1, -0.05) is 30.3 Å².